The van der Waals surface area contributed by atoms with E-state index in [0.29, 0.717) is 0 Å². The van der Waals surface area contributed by atoms with Crippen LogP contribution in [0.3, 0.4) is 0 Å². The van der Waals surface area contributed by atoms with Crippen molar-refractivity contribution in [3.05, 3.63) is 59.2 Å². The normalized spacial score (nSPS) is 12.4. The molecule has 0 amide bonds. The largest absolute Gasteiger partial charge is 0.324 e. The molecule has 0 bridgehead atoms. The quantitative estimate of drug-likeness (QED) is 0.845. The maximum atomic E-state index is 6.10. The smallest absolute Gasteiger partial charge is 0.0292 e. The van der Waals surface area contributed by atoms with E-state index in [4.69, 9.17) is 5.73 Å². The van der Waals surface area contributed by atoms with Gasteiger partial charge in [-0.15, -0.1) is 0 Å². The summed E-state index contributed by atoms with van der Waals surface area (Å²) in [6, 6.07) is 15.3. The molecule has 1 unspecified atom stereocenters. The minimum atomic E-state index is 0.135. The zero-order valence-electron chi connectivity index (χ0n) is 11.4. The molecule has 1 nitrogen and oxygen atoms in total. The van der Waals surface area contributed by atoms with Crippen LogP contribution in [0.4, 0.5) is 0 Å². The highest BCUT2D eigenvalue weighted by atomic mass is 14.6. The molecule has 1 heteroatoms. The Morgan fingerprint density at radius 3 is 2.50 bits per heavy atom. The van der Waals surface area contributed by atoms with E-state index in [1.54, 1.807) is 0 Å². The van der Waals surface area contributed by atoms with Gasteiger partial charge in [-0.2, -0.15) is 0 Å². The fourth-order valence-electron chi connectivity index (χ4n) is 2.31. The first-order chi connectivity index (χ1) is 8.61. The molecule has 0 fully saturated rings. The van der Waals surface area contributed by atoms with Crippen LogP contribution in [0.1, 0.15) is 36.1 Å². The SMILES string of the molecule is CCC(N)c1cccc(-c2ccc(C)cc2C)c1. The van der Waals surface area contributed by atoms with E-state index >= 15 is 0 Å². The third-order valence-electron chi connectivity index (χ3n) is 3.45. The maximum absolute atomic E-state index is 6.10. The van der Waals surface area contributed by atoms with E-state index in [0.717, 1.165) is 6.42 Å². The predicted octanol–water partition coefficient (Wildman–Crippen LogP) is 4.38. The molecule has 0 aliphatic rings. The molecule has 0 radical (unpaired) electrons. The van der Waals surface area contributed by atoms with Crippen LogP contribution in [0.25, 0.3) is 11.1 Å². The van der Waals surface area contributed by atoms with E-state index in [1.807, 2.05) is 0 Å². The van der Waals surface area contributed by atoms with Crippen LogP contribution in [0.15, 0.2) is 42.5 Å². The lowest BCUT2D eigenvalue weighted by atomic mass is 9.95. The molecule has 2 aromatic carbocycles. The summed E-state index contributed by atoms with van der Waals surface area (Å²) in [6.07, 6.45) is 0.969. The van der Waals surface area contributed by atoms with E-state index in [2.05, 4.69) is 63.2 Å². The lowest BCUT2D eigenvalue weighted by molar-refractivity contribution is 0.699. The van der Waals surface area contributed by atoms with Crippen molar-refractivity contribution in [3.8, 4) is 11.1 Å². The molecule has 0 aliphatic carbocycles. The molecule has 0 aromatic heterocycles. The number of rotatable bonds is 3. The van der Waals surface area contributed by atoms with Crippen LogP contribution >= 0.6 is 0 Å². The van der Waals surface area contributed by atoms with Crippen LogP contribution in [-0.4, -0.2) is 0 Å². The Balaban J connectivity index is 2.44. The molecule has 0 saturated heterocycles. The molecule has 1 atom stereocenters. The molecule has 94 valence electrons. The lowest BCUT2D eigenvalue weighted by Gasteiger charge is -2.12. The highest BCUT2D eigenvalue weighted by Crippen LogP contribution is 2.26. The Bertz CT molecular complexity index is 543. The van der Waals surface area contributed by atoms with Crippen LogP contribution in [-0.2, 0) is 0 Å². The van der Waals surface area contributed by atoms with E-state index < -0.39 is 0 Å². The van der Waals surface area contributed by atoms with E-state index in [-0.39, 0.29) is 6.04 Å². The van der Waals surface area contributed by atoms with Gasteiger partial charge in [0, 0.05) is 6.04 Å². The number of hydrogen-bond donors (Lipinski definition) is 1. The minimum absolute atomic E-state index is 0.135. The Morgan fingerprint density at radius 1 is 1.06 bits per heavy atom. The van der Waals surface area contributed by atoms with Gasteiger partial charge in [-0.25, -0.2) is 0 Å². The summed E-state index contributed by atoms with van der Waals surface area (Å²) >= 11 is 0. The van der Waals surface area contributed by atoms with Gasteiger partial charge in [0.05, 0.1) is 0 Å². The monoisotopic (exact) mass is 239 g/mol. The number of nitrogens with two attached hydrogens (primary N) is 1. The second-order valence-corrected chi connectivity index (χ2v) is 4.96. The second-order valence-electron chi connectivity index (χ2n) is 4.96. The molecule has 2 aromatic rings. The van der Waals surface area contributed by atoms with Gasteiger partial charge < -0.3 is 5.73 Å². The van der Waals surface area contributed by atoms with Crippen molar-refractivity contribution < 1.29 is 0 Å². The van der Waals surface area contributed by atoms with Gasteiger partial charge in [0.25, 0.3) is 0 Å². The summed E-state index contributed by atoms with van der Waals surface area (Å²) in [6.45, 7) is 6.41. The fourth-order valence-corrected chi connectivity index (χ4v) is 2.31. The molecule has 2 rings (SSSR count). The summed E-state index contributed by atoms with van der Waals surface area (Å²) in [4.78, 5) is 0. The van der Waals surface area contributed by atoms with Crippen molar-refractivity contribution in [1.29, 1.82) is 0 Å². The molecule has 0 spiro atoms. The maximum Gasteiger partial charge on any atom is 0.0292 e. The first-order valence-corrected chi connectivity index (χ1v) is 6.55. The minimum Gasteiger partial charge on any atom is -0.324 e. The third-order valence-corrected chi connectivity index (χ3v) is 3.45. The average Bonchev–Trinajstić information content (AvgIpc) is 2.38. The van der Waals surface area contributed by atoms with Crippen molar-refractivity contribution >= 4 is 0 Å². The van der Waals surface area contributed by atoms with E-state index in [9.17, 15) is 0 Å². The summed E-state index contributed by atoms with van der Waals surface area (Å²) in [5, 5.41) is 0. The van der Waals surface area contributed by atoms with Crippen molar-refractivity contribution in [2.24, 2.45) is 5.73 Å². The van der Waals surface area contributed by atoms with Crippen LogP contribution < -0.4 is 5.73 Å². The number of benzene rings is 2. The average molecular weight is 239 g/mol. The van der Waals surface area contributed by atoms with Crippen LogP contribution in [0.5, 0.6) is 0 Å². The zero-order chi connectivity index (χ0) is 13.1. The third kappa shape index (κ3) is 2.62. The molecule has 0 aliphatic heterocycles. The topological polar surface area (TPSA) is 26.0 Å². The standard InChI is InChI=1S/C17H21N/c1-4-17(18)15-7-5-6-14(11-15)16-9-8-12(2)10-13(16)3/h5-11,17H,4,18H2,1-3H3. The molecular formula is C17H21N. The molecule has 0 heterocycles. The fraction of sp³-hybridized carbons (Fsp3) is 0.294. The predicted molar refractivity (Wildman–Crippen MR) is 78.6 cm³/mol. The van der Waals surface area contributed by atoms with Crippen molar-refractivity contribution in [2.45, 2.75) is 33.2 Å². The Hall–Kier alpha value is -1.60. The van der Waals surface area contributed by atoms with E-state index in [1.165, 1.54) is 27.8 Å². The van der Waals surface area contributed by atoms with Crippen molar-refractivity contribution in [2.75, 3.05) is 0 Å². The van der Waals surface area contributed by atoms with Gasteiger partial charge in [-0.1, -0.05) is 48.9 Å². The summed E-state index contributed by atoms with van der Waals surface area (Å²) in [7, 11) is 0. The summed E-state index contributed by atoms with van der Waals surface area (Å²) in [5.74, 6) is 0. The zero-order valence-corrected chi connectivity index (χ0v) is 11.4. The Kier molecular flexibility index (Phi) is 3.83. The second kappa shape index (κ2) is 5.36. The highest BCUT2D eigenvalue weighted by molar-refractivity contribution is 5.68. The van der Waals surface area contributed by atoms with Crippen molar-refractivity contribution in [3.63, 3.8) is 0 Å². The number of hydrogen-bond acceptors (Lipinski definition) is 1. The molecule has 2 N–H and O–H groups in total. The molecular weight excluding hydrogens is 218 g/mol. The van der Waals surface area contributed by atoms with Gasteiger partial charge in [0.2, 0.25) is 0 Å². The molecule has 18 heavy (non-hydrogen) atoms. The molecule has 0 saturated carbocycles. The summed E-state index contributed by atoms with van der Waals surface area (Å²) < 4.78 is 0. The van der Waals surface area contributed by atoms with Gasteiger partial charge >= 0.3 is 0 Å². The number of aryl methyl sites for hydroxylation is 2. The lowest BCUT2D eigenvalue weighted by Crippen LogP contribution is -2.08. The summed E-state index contributed by atoms with van der Waals surface area (Å²) in [5.41, 5.74) is 12.5. The van der Waals surface area contributed by atoms with Crippen LogP contribution in [0.2, 0.25) is 0 Å². The van der Waals surface area contributed by atoms with Gasteiger partial charge in [-0.05, 0) is 48.6 Å². The van der Waals surface area contributed by atoms with Gasteiger partial charge in [-0.3, -0.25) is 0 Å². The van der Waals surface area contributed by atoms with Crippen LogP contribution in [0, 0.1) is 13.8 Å². The van der Waals surface area contributed by atoms with Gasteiger partial charge in [0.15, 0.2) is 0 Å². The first kappa shape index (κ1) is 12.8. The first-order valence-electron chi connectivity index (χ1n) is 6.55. The Labute approximate surface area is 110 Å². The highest BCUT2D eigenvalue weighted by Gasteiger charge is 2.06. The van der Waals surface area contributed by atoms with Gasteiger partial charge in [0.1, 0.15) is 0 Å². The van der Waals surface area contributed by atoms with Crippen molar-refractivity contribution in [1.82, 2.24) is 0 Å². The Morgan fingerprint density at radius 2 is 1.83 bits per heavy atom.